The highest BCUT2D eigenvalue weighted by molar-refractivity contribution is 9.10. The Hall–Kier alpha value is -2.47. The van der Waals surface area contributed by atoms with Gasteiger partial charge in [0.05, 0.1) is 0 Å². The number of H-pyrrole nitrogens is 1. The van der Waals surface area contributed by atoms with Crippen LogP contribution in [0.4, 0.5) is 5.95 Å². The van der Waals surface area contributed by atoms with E-state index in [-0.39, 0.29) is 11.9 Å². The SMILES string of the molecule is Cc1ccc(C(=O)Nc2n[nH]c(-c3cccc(Br)c3)n2)cc1. The zero-order valence-corrected chi connectivity index (χ0v) is 13.4. The van der Waals surface area contributed by atoms with E-state index in [0.717, 1.165) is 15.6 Å². The summed E-state index contributed by atoms with van der Waals surface area (Å²) in [5.41, 5.74) is 2.56. The molecule has 0 saturated heterocycles. The molecule has 0 aliphatic heterocycles. The Labute approximate surface area is 135 Å². The summed E-state index contributed by atoms with van der Waals surface area (Å²) < 4.78 is 0.951. The minimum Gasteiger partial charge on any atom is -0.289 e. The van der Waals surface area contributed by atoms with Gasteiger partial charge in [0.1, 0.15) is 0 Å². The topological polar surface area (TPSA) is 70.7 Å². The number of halogens is 1. The van der Waals surface area contributed by atoms with E-state index in [4.69, 9.17) is 0 Å². The molecule has 0 fully saturated rings. The van der Waals surface area contributed by atoms with Crippen molar-refractivity contribution in [2.45, 2.75) is 6.92 Å². The fourth-order valence-electron chi connectivity index (χ4n) is 1.96. The van der Waals surface area contributed by atoms with Gasteiger partial charge < -0.3 is 0 Å². The molecular formula is C16H13BrN4O. The van der Waals surface area contributed by atoms with Gasteiger partial charge in [-0.05, 0) is 31.2 Å². The van der Waals surface area contributed by atoms with Crippen LogP contribution < -0.4 is 5.32 Å². The summed E-state index contributed by atoms with van der Waals surface area (Å²) >= 11 is 3.41. The molecule has 0 bridgehead atoms. The standard InChI is InChI=1S/C16H13BrN4O/c1-10-5-7-11(8-6-10)15(22)19-16-18-14(20-21-16)12-3-2-4-13(17)9-12/h2-9H,1H3,(H2,18,19,20,21,22). The number of aromatic nitrogens is 3. The molecule has 2 aromatic carbocycles. The average molecular weight is 357 g/mol. The molecule has 0 atom stereocenters. The van der Waals surface area contributed by atoms with Crippen LogP contribution in [-0.4, -0.2) is 21.1 Å². The summed E-state index contributed by atoms with van der Waals surface area (Å²) in [4.78, 5) is 16.4. The van der Waals surface area contributed by atoms with Crippen molar-refractivity contribution < 1.29 is 4.79 Å². The van der Waals surface area contributed by atoms with Crippen molar-refractivity contribution in [1.82, 2.24) is 15.2 Å². The van der Waals surface area contributed by atoms with E-state index in [1.165, 1.54) is 0 Å². The summed E-state index contributed by atoms with van der Waals surface area (Å²) in [6.07, 6.45) is 0. The van der Waals surface area contributed by atoms with Crippen LogP contribution in [0.2, 0.25) is 0 Å². The maximum Gasteiger partial charge on any atom is 0.258 e. The highest BCUT2D eigenvalue weighted by Crippen LogP contribution is 2.20. The zero-order chi connectivity index (χ0) is 15.5. The first-order chi connectivity index (χ1) is 10.6. The lowest BCUT2D eigenvalue weighted by Crippen LogP contribution is -2.12. The molecule has 3 aromatic rings. The van der Waals surface area contributed by atoms with Crippen LogP contribution in [0.3, 0.4) is 0 Å². The lowest BCUT2D eigenvalue weighted by Gasteiger charge is -2.01. The first-order valence-electron chi connectivity index (χ1n) is 6.68. The minimum atomic E-state index is -0.236. The van der Waals surface area contributed by atoms with Gasteiger partial charge in [0.2, 0.25) is 5.95 Å². The van der Waals surface area contributed by atoms with E-state index in [1.807, 2.05) is 43.3 Å². The summed E-state index contributed by atoms with van der Waals surface area (Å²) in [5.74, 6) is 0.612. The Morgan fingerprint density at radius 3 is 2.68 bits per heavy atom. The molecular weight excluding hydrogens is 344 g/mol. The number of aryl methyl sites for hydroxylation is 1. The predicted molar refractivity (Wildman–Crippen MR) is 88.7 cm³/mol. The van der Waals surface area contributed by atoms with Crippen molar-refractivity contribution in [3.63, 3.8) is 0 Å². The monoisotopic (exact) mass is 356 g/mol. The second-order valence-corrected chi connectivity index (χ2v) is 5.75. The molecule has 0 spiro atoms. The fraction of sp³-hybridized carbons (Fsp3) is 0.0625. The van der Waals surface area contributed by atoms with Gasteiger partial charge in [0, 0.05) is 15.6 Å². The number of nitrogens with zero attached hydrogens (tertiary/aromatic N) is 2. The number of benzene rings is 2. The van der Waals surface area contributed by atoms with E-state index >= 15 is 0 Å². The minimum absolute atomic E-state index is 0.236. The van der Waals surface area contributed by atoms with Crippen molar-refractivity contribution in [2.24, 2.45) is 0 Å². The Bertz CT molecular complexity index is 811. The molecule has 2 N–H and O–H groups in total. The van der Waals surface area contributed by atoms with Crippen LogP contribution in [0.15, 0.2) is 53.0 Å². The molecule has 0 aliphatic carbocycles. The molecule has 0 aliphatic rings. The summed E-state index contributed by atoms with van der Waals surface area (Å²) in [7, 11) is 0. The number of hydrogen-bond acceptors (Lipinski definition) is 3. The zero-order valence-electron chi connectivity index (χ0n) is 11.8. The van der Waals surface area contributed by atoms with Crippen LogP contribution in [0, 0.1) is 6.92 Å². The van der Waals surface area contributed by atoms with Crippen LogP contribution in [-0.2, 0) is 0 Å². The fourth-order valence-corrected chi connectivity index (χ4v) is 2.36. The van der Waals surface area contributed by atoms with Crippen LogP contribution in [0.25, 0.3) is 11.4 Å². The molecule has 0 saturated carbocycles. The molecule has 22 heavy (non-hydrogen) atoms. The van der Waals surface area contributed by atoms with Crippen molar-refractivity contribution in [1.29, 1.82) is 0 Å². The van der Waals surface area contributed by atoms with E-state index < -0.39 is 0 Å². The third-order valence-corrected chi connectivity index (χ3v) is 3.62. The van der Waals surface area contributed by atoms with E-state index in [0.29, 0.717) is 11.4 Å². The van der Waals surface area contributed by atoms with Gasteiger partial charge in [0.15, 0.2) is 5.82 Å². The maximum absolute atomic E-state index is 12.1. The Balaban J connectivity index is 1.77. The van der Waals surface area contributed by atoms with Gasteiger partial charge >= 0.3 is 0 Å². The Kier molecular flexibility index (Phi) is 4.02. The molecule has 1 amide bonds. The quantitative estimate of drug-likeness (QED) is 0.749. The maximum atomic E-state index is 12.1. The first-order valence-corrected chi connectivity index (χ1v) is 7.47. The summed E-state index contributed by atoms with van der Waals surface area (Å²) in [6, 6.07) is 15.0. The molecule has 0 unspecified atom stereocenters. The van der Waals surface area contributed by atoms with Crippen molar-refractivity contribution >= 4 is 27.8 Å². The number of anilines is 1. The summed E-state index contributed by atoms with van der Waals surface area (Å²) in [6.45, 7) is 1.97. The smallest absolute Gasteiger partial charge is 0.258 e. The summed E-state index contributed by atoms with van der Waals surface area (Å²) in [5, 5.41) is 9.52. The number of carbonyl (C=O) groups excluding carboxylic acids is 1. The van der Waals surface area contributed by atoms with Crippen molar-refractivity contribution in [3.05, 3.63) is 64.1 Å². The highest BCUT2D eigenvalue weighted by Gasteiger charge is 2.10. The number of hydrogen-bond donors (Lipinski definition) is 2. The largest absolute Gasteiger partial charge is 0.289 e. The third kappa shape index (κ3) is 3.23. The van der Waals surface area contributed by atoms with Gasteiger partial charge in [-0.2, -0.15) is 4.98 Å². The van der Waals surface area contributed by atoms with Crippen LogP contribution >= 0.6 is 15.9 Å². The van der Waals surface area contributed by atoms with Crippen LogP contribution in [0.5, 0.6) is 0 Å². The Morgan fingerprint density at radius 1 is 1.18 bits per heavy atom. The first kappa shape index (κ1) is 14.5. The third-order valence-electron chi connectivity index (χ3n) is 3.12. The van der Waals surface area contributed by atoms with Gasteiger partial charge in [-0.15, -0.1) is 5.10 Å². The van der Waals surface area contributed by atoms with E-state index in [9.17, 15) is 4.79 Å². The van der Waals surface area contributed by atoms with Crippen LogP contribution in [0.1, 0.15) is 15.9 Å². The van der Waals surface area contributed by atoms with Gasteiger partial charge in [0.25, 0.3) is 5.91 Å². The normalized spacial score (nSPS) is 10.5. The second-order valence-electron chi connectivity index (χ2n) is 4.84. The average Bonchev–Trinajstić information content (AvgIpc) is 2.96. The molecule has 110 valence electrons. The van der Waals surface area contributed by atoms with Gasteiger partial charge in [-0.25, -0.2) is 0 Å². The second kappa shape index (κ2) is 6.11. The molecule has 0 radical (unpaired) electrons. The molecule has 6 heteroatoms. The van der Waals surface area contributed by atoms with Gasteiger partial charge in [-0.3, -0.25) is 15.2 Å². The van der Waals surface area contributed by atoms with Gasteiger partial charge in [-0.1, -0.05) is 45.8 Å². The number of amides is 1. The number of aromatic amines is 1. The highest BCUT2D eigenvalue weighted by atomic mass is 79.9. The van der Waals surface area contributed by atoms with E-state index in [1.54, 1.807) is 12.1 Å². The lowest BCUT2D eigenvalue weighted by atomic mass is 10.1. The van der Waals surface area contributed by atoms with Crippen molar-refractivity contribution in [2.75, 3.05) is 5.32 Å². The number of rotatable bonds is 3. The molecule has 3 rings (SSSR count). The van der Waals surface area contributed by atoms with Crippen molar-refractivity contribution in [3.8, 4) is 11.4 Å². The Morgan fingerprint density at radius 2 is 1.95 bits per heavy atom. The molecule has 5 nitrogen and oxygen atoms in total. The predicted octanol–water partition coefficient (Wildman–Crippen LogP) is 3.79. The molecule has 1 aromatic heterocycles. The number of nitrogens with one attached hydrogen (secondary N) is 2. The molecule has 1 heterocycles. The number of carbonyl (C=O) groups is 1. The van der Waals surface area contributed by atoms with E-state index in [2.05, 4.69) is 36.4 Å². The lowest BCUT2D eigenvalue weighted by molar-refractivity contribution is 0.102.